The van der Waals surface area contributed by atoms with Crippen LogP contribution in [0.1, 0.15) is 46.5 Å². The van der Waals surface area contributed by atoms with Crippen LogP contribution in [0, 0.1) is 0 Å². The van der Waals surface area contributed by atoms with E-state index in [-0.39, 0.29) is 17.9 Å². The number of carbonyl (C=O) groups excluding carboxylic acids is 2. The van der Waals surface area contributed by atoms with Crippen LogP contribution in [0.2, 0.25) is 5.15 Å². The van der Waals surface area contributed by atoms with E-state index >= 15 is 0 Å². The second-order valence-electron chi connectivity index (χ2n) is 5.85. The molecule has 0 saturated carbocycles. The lowest BCUT2D eigenvalue weighted by Gasteiger charge is -2.12. The molecule has 5 nitrogen and oxygen atoms in total. The number of benzene rings is 1. The molecule has 26 heavy (non-hydrogen) atoms. The van der Waals surface area contributed by atoms with Gasteiger partial charge in [-0.1, -0.05) is 30.7 Å². The fraction of sp³-hybridized carbons (Fsp3) is 0.316. The molecule has 2 N–H and O–H groups in total. The molecule has 0 aliphatic rings. The Bertz CT molecular complexity index is 781. The second-order valence-corrected chi connectivity index (χ2v) is 7.04. The Morgan fingerprint density at radius 1 is 1.15 bits per heavy atom. The van der Waals surface area contributed by atoms with Crippen molar-refractivity contribution in [1.82, 2.24) is 15.6 Å². The van der Waals surface area contributed by atoms with Gasteiger partial charge in [0.1, 0.15) is 10.2 Å². The Kier molecular flexibility index (Phi) is 7.48. The Balaban J connectivity index is 1.97. The van der Waals surface area contributed by atoms with Crippen LogP contribution in [-0.2, 0) is 6.54 Å². The van der Waals surface area contributed by atoms with Crippen molar-refractivity contribution in [3.8, 4) is 0 Å². The highest BCUT2D eigenvalue weighted by molar-refractivity contribution is 7.98. The van der Waals surface area contributed by atoms with E-state index in [1.807, 2.05) is 32.2 Å². The molecule has 0 unspecified atom stereocenters. The molecule has 1 atom stereocenters. The first-order chi connectivity index (χ1) is 12.4. The number of thioether (sulfide) groups is 1. The molecule has 1 heterocycles. The minimum atomic E-state index is -0.211. The topological polar surface area (TPSA) is 71.1 Å². The molecule has 0 saturated heterocycles. The van der Waals surface area contributed by atoms with Gasteiger partial charge in [-0.05, 0) is 49.4 Å². The van der Waals surface area contributed by atoms with Crippen LogP contribution in [0.5, 0.6) is 0 Å². The number of halogens is 1. The summed E-state index contributed by atoms with van der Waals surface area (Å²) in [5, 5.41) is 6.74. The van der Waals surface area contributed by atoms with Crippen molar-refractivity contribution in [2.75, 3.05) is 6.26 Å². The van der Waals surface area contributed by atoms with Gasteiger partial charge in [0.25, 0.3) is 11.8 Å². The number of hydrogen-bond donors (Lipinski definition) is 2. The third kappa shape index (κ3) is 5.47. The summed E-state index contributed by atoms with van der Waals surface area (Å²) in [5.74, 6) is -0.302. The number of pyridine rings is 1. The van der Waals surface area contributed by atoms with Crippen molar-refractivity contribution < 1.29 is 9.59 Å². The third-order valence-corrected chi connectivity index (χ3v) is 4.83. The lowest BCUT2D eigenvalue weighted by atomic mass is 10.1. The summed E-state index contributed by atoms with van der Waals surface area (Å²) in [7, 11) is 0. The van der Waals surface area contributed by atoms with Crippen LogP contribution < -0.4 is 10.6 Å². The van der Waals surface area contributed by atoms with Crippen LogP contribution in [0.4, 0.5) is 0 Å². The summed E-state index contributed by atoms with van der Waals surface area (Å²) in [6.07, 6.45) is 2.73. The van der Waals surface area contributed by atoms with Gasteiger partial charge in [-0.3, -0.25) is 9.59 Å². The van der Waals surface area contributed by atoms with Crippen molar-refractivity contribution in [2.45, 2.75) is 37.9 Å². The summed E-state index contributed by atoms with van der Waals surface area (Å²) in [5.41, 5.74) is 2.00. The highest BCUT2D eigenvalue weighted by Gasteiger charge is 2.13. The Morgan fingerprint density at radius 3 is 2.46 bits per heavy atom. The summed E-state index contributed by atoms with van der Waals surface area (Å²) in [4.78, 5) is 28.6. The third-order valence-electron chi connectivity index (χ3n) is 3.92. The molecule has 1 aromatic carbocycles. The molecule has 138 valence electrons. The van der Waals surface area contributed by atoms with E-state index in [4.69, 9.17) is 11.6 Å². The Hall–Kier alpha value is -2.05. The molecule has 2 aromatic rings. The van der Waals surface area contributed by atoms with Crippen molar-refractivity contribution in [3.63, 3.8) is 0 Å². The molecule has 0 radical (unpaired) electrons. The van der Waals surface area contributed by atoms with Crippen LogP contribution in [-0.4, -0.2) is 29.1 Å². The van der Waals surface area contributed by atoms with E-state index in [9.17, 15) is 9.59 Å². The van der Waals surface area contributed by atoms with E-state index < -0.39 is 0 Å². The molecule has 0 aliphatic carbocycles. The van der Waals surface area contributed by atoms with E-state index in [2.05, 4.69) is 15.6 Å². The molecule has 1 aromatic heterocycles. The maximum absolute atomic E-state index is 12.4. The van der Waals surface area contributed by atoms with Gasteiger partial charge < -0.3 is 10.6 Å². The summed E-state index contributed by atoms with van der Waals surface area (Å²) < 4.78 is 0. The van der Waals surface area contributed by atoms with Gasteiger partial charge in [0.05, 0.1) is 5.56 Å². The Labute approximate surface area is 162 Å². The smallest absolute Gasteiger partial charge is 0.254 e. The first kappa shape index (κ1) is 20.3. The average Bonchev–Trinajstić information content (AvgIpc) is 2.66. The molecule has 0 fully saturated rings. The highest BCUT2D eigenvalue weighted by Crippen LogP contribution is 2.20. The lowest BCUT2D eigenvalue weighted by Crippen LogP contribution is -2.31. The number of carbonyl (C=O) groups is 2. The normalized spacial score (nSPS) is 11.7. The summed E-state index contributed by atoms with van der Waals surface area (Å²) in [6, 6.07) is 10.6. The quantitative estimate of drug-likeness (QED) is 0.554. The van der Waals surface area contributed by atoms with Gasteiger partial charge in [0, 0.05) is 18.2 Å². The van der Waals surface area contributed by atoms with Gasteiger partial charge in [0.2, 0.25) is 0 Å². The van der Waals surface area contributed by atoms with Crippen molar-refractivity contribution in [1.29, 1.82) is 0 Å². The van der Waals surface area contributed by atoms with Crippen LogP contribution in [0.3, 0.4) is 0 Å². The molecule has 0 spiro atoms. The highest BCUT2D eigenvalue weighted by atomic mass is 35.5. The number of nitrogens with zero attached hydrogens (tertiary/aromatic N) is 1. The minimum Gasteiger partial charge on any atom is -0.350 e. The monoisotopic (exact) mass is 391 g/mol. The molecule has 0 bridgehead atoms. The van der Waals surface area contributed by atoms with Crippen molar-refractivity contribution >= 4 is 35.2 Å². The summed E-state index contributed by atoms with van der Waals surface area (Å²) >= 11 is 7.24. The maximum atomic E-state index is 12.4. The first-order valence-corrected chi connectivity index (χ1v) is 9.93. The van der Waals surface area contributed by atoms with Gasteiger partial charge in [-0.15, -0.1) is 11.8 Å². The predicted octanol–water partition coefficient (Wildman–Crippen LogP) is 3.92. The molecule has 0 aliphatic heterocycles. The zero-order valence-corrected chi connectivity index (χ0v) is 16.6. The SMILES string of the molecule is CC[C@@H](C)NC(=O)c1ccc(CNC(=O)c2ccc(Cl)nc2SC)cc1. The van der Waals surface area contributed by atoms with Gasteiger partial charge >= 0.3 is 0 Å². The van der Waals surface area contributed by atoms with Crippen molar-refractivity contribution in [2.24, 2.45) is 0 Å². The van der Waals surface area contributed by atoms with E-state index in [1.54, 1.807) is 24.3 Å². The standard InChI is InChI=1S/C19H22ClN3O2S/c1-4-12(2)22-17(24)14-7-5-13(6-8-14)11-21-18(25)15-9-10-16(20)23-19(15)26-3/h5-10,12H,4,11H2,1-3H3,(H,21,25)(H,22,24)/t12-/m1/s1. The molecule has 2 rings (SSSR count). The van der Waals surface area contributed by atoms with E-state index in [0.29, 0.717) is 27.9 Å². The fourth-order valence-electron chi connectivity index (χ4n) is 2.21. The van der Waals surface area contributed by atoms with Crippen LogP contribution >= 0.6 is 23.4 Å². The molecule has 2 amide bonds. The number of aromatic nitrogens is 1. The number of amides is 2. The van der Waals surface area contributed by atoms with Crippen LogP contribution in [0.25, 0.3) is 0 Å². The molecule has 7 heteroatoms. The second kappa shape index (κ2) is 9.59. The summed E-state index contributed by atoms with van der Waals surface area (Å²) in [6.45, 7) is 4.36. The van der Waals surface area contributed by atoms with Crippen molar-refractivity contribution in [3.05, 3.63) is 58.2 Å². The number of rotatable bonds is 7. The average molecular weight is 392 g/mol. The first-order valence-electron chi connectivity index (χ1n) is 8.33. The van der Waals surface area contributed by atoms with Gasteiger partial charge in [0.15, 0.2) is 0 Å². The number of nitrogens with one attached hydrogen (secondary N) is 2. The largest absolute Gasteiger partial charge is 0.350 e. The van der Waals surface area contributed by atoms with E-state index in [1.165, 1.54) is 11.8 Å². The minimum absolute atomic E-state index is 0.0909. The van der Waals surface area contributed by atoms with E-state index in [0.717, 1.165) is 12.0 Å². The van der Waals surface area contributed by atoms with Gasteiger partial charge in [-0.25, -0.2) is 4.98 Å². The zero-order valence-electron chi connectivity index (χ0n) is 15.0. The number of hydrogen-bond acceptors (Lipinski definition) is 4. The Morgan fingerprint density at radius 2 is 1.85 bits per heavy atom. The molecular formula is C19H22ClN3O2S. The van der Waals surface area contributed by atoms with Crippen LogP contribution in [0.15, 0.2) is 41.4 Å². The lowest BCUT2D eigenvalue weighted by molar-refractivity contribution is 0.0933. The zero-order chi connectivity index (χ0) is 19.1. The van der Waals surface area contributed by atoms with Gasteiger partial charge in [-0.2, -0.15) is 0 Å². The molecular weight excluding hydrogens is 370 g/mol. The fourth-order valence-corrected chi connectivity index (χ4v) is 2.97. The maximum Gasteiger partial charge on any atom is 0.254 e. The predicted molar refractivity (Wildman–Crippen MR) is 106 cm³/mol.